The molecule has 2 aliphatic heterocycles. The van der Waals surface area contributed by atoms with Crippen molar-refractivity contribution in [3.05, 3.63) is 0 Å². The molecule has 2 fully saturated rings. The van der Waals surface area contributed by atoms with Crippen molar-refractivity contribution in [3.8, 4) is 0 Å². The molecular weight excluding hydrogens is 192 g/mol. The molecule has 2 saturated heterocycles. The molecule has 0 aromatic heterocycles. The third-order valence-corrected chi connectivity index (χ3v) is 3.75. The zero-order valence-corrected chi connectivity index (χ0v) is 9.74. The predicted molar refractivity (Wildman–Crippen MR) is 57.5 cm³/mol. The highest BCUT2D eigenvalue weighted by Gasteiger charge is 2.43. The highest BCUT2D eigenvalue weighted by Crippen LogP contribution is 2.40. The van der Waals surface area contributed by atoms with Crippen LogP contribution in [0.3, 0.4) is 0 Å². The van der Waals surface area contributed by atoms with E-state index in [1.54, 1.807) is 0 Å². The van der Waals surface area contributed by atoms with Gasteiger partial charge in [0.25, 0.3) is 0 Å². The average Bonchev–Trinajstić information content (AvgIpc) is 2.22. The van der Waals surface area contributed by atoms with Gasteiger partial charge in [0.2, 0.25) is 0 Å². The van der Waals surface area contributed by atoms with E-state index in [-0.39, 0.29) is 18.5 Å². The molecule has 2 rings (SSSR count). The first-order valence-corrected chi connectivity index (χ1v) is 6.12. The number of ether oxygens (including phenoxy) is 2. The molecule has 0 amide bonds. The fourth-order valence-electron chi connectivity index (χ4n) is 2.72. The van der Waals surface area contributed by atoms with Crippen molar-refractivity contribution < 1.29 is 14.6 Å². The molecule has 0 bridgehead atoms. The monoisotopic (exact) mass is 214 g/mol. The maximum Gasteiger partial charge on any atom is 0.169 e. The van der Waals surface area contributed by atoms with E-state index < -0.39 is 0 Å². The standard InChI is InChI=1S/C12H22O3/c1-9-5-7-12(15-11(9)8-13)6-3-4-10(2)14-12/h9-11,13H,3-8H2,1-2H3/t9-,10+,11+,12-/m0/s1. The zero-order chi connectivity index (χ0) is 10.9. The largest absolute Gasteiger partial charge is 0.394 e. The Hall–Kier alpha value is -0.120. The van der Waals surface area contributed by atoms with Gasteiger partial charge in [-0.2, -0.15) is 0 Å². The van der Waals surface area contributed by atoms with E-state index >= 15 is 0 Å². The van der Waals surface area contributed by atoms with Crippen LogP contribution in [0.15, 0.2) is 0 Å². The topological polar surface area (TPSA) is 38.7 Å². The molecule has 2 aliphatic rings. The highest BCUT2D eigenvalue weighted by molar-refractivity contribution is 4.85. The van der Waals surface area contributed by atoms with Crippen LogP contribution in [0.1, 0.15) is 46.0 Å². The first-order chi connectivity index (χ1) is 7.15. The van der Waals surface area contributed by atoms with Gasteiger partial charge in [0, 0.05) is 12.8 Å². The second kappa shape index (κ2) is 4.40. The van der Waals surface area contributed by atoms with Gasteiger partial charge in [0.1, 0.15) is 0 Å². The smallest absolute Gasteiger partial charge is 0.169 e. The van der Waals surface area contributed by atoms with Crippen molar-refractivity contribution >= 4 is 0 Å². The number of hydrogen-bond acceptors (Lipinski definition) is 3. The molecular formula is C12H22O3. The predicted octanol–water partition coefficient (Wildman–Crippen LogP) is 2.08. The second-order valence-electron chi connectivity index (χ2n) is 5.09. The summed E-state index contributed by atoms with van der Waals surface area (Å²) in [5.41, 5.74) is 0. The lowest BCUT2D eigenvalue weighted by atomic mass is 9.88. The minimum absolute atomic E-state index is 0.0379. The number of aliphatic hydroxyl groups excluding tert-OH is 1. The van der Waals surface area contributed by atoms with Crippen LogP contribution in [-0.4, -0.2) is 29.7 Å². The Labute approximate surface area is 91.8 Å². The molecule has 3 nitrogen and oxygen atoms in total. The summed E-state index contributed by atoms with van der Waals surface area (Å²) in [5.74, 6) is 0.0684. The van der Waals surface area contributed by atoms with E-state index in [2.05, 4.69) is 13.8 Å². The van der Waals surface area contributed by atoms with Gasteiger partial charge in [-0.25, -0.2) is 0 Å². The van der Waals surface area contributed by atoms with Crippen molar-refractivity contribution in [2.75, 3.05) is 6.61 Å². The molecule has 88 valence electrons. The SMILES string of the molecule is C[C@@H]1CCC[C@]2(CC[C@H](C)[C@@H](CO)O2)O1. The molecule has 1 N–H and O–H groups in total. The van der Waals surface area contributed by atoms with E-state index in [1.165, 1.54) is 6.42 Å². The lowest BCUT2D eigenvalue weighted by molar-refractivity contribution is -0.324. The molecule has 1 spiro atoms. The van der Waals surface area contributed by atoms with Crippen molar-refractivity contribution in [2.24, 2.45) is 5.92 Å². The molecule has 0 radical (unpaired) electrons. The maximum atomic E-state index is 9.26. The average molecular weight is 214 g/mol. The van der Waals surface area contributed by atoms with Crippen LogP contribution in [-0.2, 0) is 9.47 Å². The molecule has 0 aliphatic carbocycles. The number of hydrogen-bond donors (Lipinski definition) is 1. The fourth-order valence-corrected chi connectivity index (χ4v) is 2.72. The Morgan fingerprint density at radius 2 is 2.00 bits per heavy atom. The normalized spacial score (nSPS) is 47.0. The summed E-state index contributed by atoms with van der Waals surface area (Å²) >= 11 is 0. The van der Waals surface area contributed by atoms with Crippen LogP contribution < -0.4 is 0 Å². The Balaban J connectivity index is 2.02. The van der Waals surface area contributed by atoms with Gasteiger partial charge in [0.05, 0.1) is 18.8 Å². The van der Waals surface area contributed by atoms with Crippen LogP contribution in [0.4, 0.5) is 0 Å². The Kier molecular flexibility index (Phi) is 3.33. The Bertz CT molecular complexity index is 219. The number of aliphatic hydroxyl groups is 1. The first-order valence-electron chi connectivity index (χ1n) is 6.12. The molecule has 3 heteroatoms. The summed E-state index contributed by atoms with van der Waals surface area (Å²) in [5, 5.41) is 9.26. The molecule has 4 atom stereocenters. The highest BCUT2D eigenvalue weighted by atomic mass is 16.7. The van der Waals surface area contributed by atoms with Crippen molar-refractivity contribution in [1.29, 1.82) is 0 Å². The summed E-state index contributed by atoms with van der Waals surface area (Å²) in [7, 11) is 0. The minimum Gasteiger partial charge on any atom is -0.394 e. The van der Waals surface area contributed by atoms with Gasteiger partial charge >= 0.3 is 0 Å². The van der Waals surface area contributed by atoms with Crippen LogP contribution in [0.2, 0.25) is 0 Å². The Morgan fingerprint density at radius 3 is 2.67 bits per heavy atom. The third kappa shape index (κ3) is 2.35. The molecule has 0 saturated carbocycles. The van der Waals surface area contributed by atoms with E-state index in [0.717, 1.165) is 25.7 Å². The van der Waals surface area contributed by atoms with Gasteiger partial charge in [-0.05, 0) is 32.1 Å². The van der Waals surface area contributed by atoms with Gasteiger partial charge in [-0.1, -0.05) is 6.92 Å². The van der Waals surface area contributed by atoms with Crippen molar-refractivity contribution in [2.45, 2.75) is 63.9 Å². The second-order valence-corrected chi connectivity index (χ2v) is 5.09. The fraction of sp³-hybridized carbons (Fsp3) is 1.00. The summed E-state index contributed by atoms with van der Waals surface area (Å²) in [6.45, 7) is 4.36. The molecule has 15 heavy (non-hydrogen) atoms. The van der Waals surface area contributed by atoms with Crippen molar-refractivity contribution in [1.82, 2.24) is 0 Å². The van der Waals surface area contributed by atoms with E-state index in [9.17, 15) is 5.11 Å². The van der Waals surface area contributed by atoms with Crippen LogP contribution in [0, 0.1) is 5.92 Å². The van der Waals surface area contributed by atoms with Crippen molar-refractivity contribution in [3.63, 3.8) is 0 Å². The van der Waals surface area contributed by atoms with Gasteiger partial charge in [-0.15, -0.1) is 0 Å². The lowest BCUT2D eigenvalue weighted by Gasteiger charge is -2.47. The van der Waals surface area contributed by atoms with E-state index in [4.69, 9.17) is 9.47 Å². The summed E-state index contributed by atoms with van der Waals surface area (Å²) in [6.07, 6.45) is 5.63. The van der Waals surface area contributed by atoms with Crippen LogP contribution >= 0.6 is 0 Å². The van der Waals surface area contributed by atoms with Gasteiger partial charge in [-0.3, -0.25) is 0 Å². The molecule has 2 heterocycles. The van der Waals surface area contributed by atoms with E-state index in [0.29, 0.717) is 12.0 Å². The zero-order valence-electron chi connectivity index (χ0n) is 9.74. The molecule has 0 aromatic rings. The first kappa shape index (κ1) is 11.4. The molecule has 0 aromatic carbocycles. The Morgan fingerprint density at radius 1 is 1.20 bits per heavy atom. The van der Waals surface area contributed by atoms with Crippen LogP contribution in [0.25, 0.3) is 0 Å². The summed E-state index contributed by atoms with van der Waals surface area (Å²) < 4.78 is 11.9. The third-order valence-electron chi connectivity index (χ3n) is 3.75. The van der Waals surface area contributed by atoms with Gasteiger partial charge < -0.3 is 14.6 Å². The summed E-state index contributed by atoms with van der Waals surface area (Å²) in [4.78, 5) is 0. The molecule has 0 unspecified atom stereocenters. The maximum absolute atomic E-state index is 9.26. The van der Waals surface area contributed by atoms with E-state index in [1.807, 2.05) is 0 Å². The van der Waals surface area contributed by atoms with Crippen LogP contribution in [0.5, 0.6) is 0 Å². The van der Waals surface area contributed by atoms with Gasteiger partial charge in [0.15, 0.2) is 5.79 Å². The quantitative estimate of drug-likeness (QED) is 0.726. The minimum atomic E-state index is -0.377. The number of rotatable bonds is 1. The lowest BCUT2D eigenvalue weighted by Crippen LogP contribution is -2.50. The summed E-state index contributed by atoms with van der Waals surface area (Å²) in [6, 6.07) is 0.